The molecule has 0 amide bonds. The van der Waals surface area contributed by atoms with Crippen molar-refractivity contribution in [2.24, 2.45) is 0 Å². The fourth-order valence-corrected chi connectivity index (χ4v) is 2.24. The summed E-state index contributed by atoms with van der Waals surface area (Å²) in [6, 6.07) is 2.39. The van der Waals surface area contributed by atoms with Gasteiger partial charge in [-0.2, -0.15) is 8.78 Å². The summed E-state index contributed by atoms with van der Waals surface area (Å²) >= 11 is 5.86. The highest BCUT2D eigenvalue weighted by molar-refractivity contribution is 6.29. The summed E-state index contributed by atoms with van der Waals surface area (Å²) in [7, 11) is 0. The summed E-state index contributed by atoms with van der Waals surface area (Å²) < 4.78 is 34.2. The van der Waals surface area contributed by atoms with Crippen LogP contribution in [0.4, 0.5) is 14.6 Å². The van der Waals surface area contributed by atoms with E-state index in [9.17, 15) is 23.5 Å². The second-order valence-electron chi connectivity index (χ2n) is 5.16. The Morgan fingerprint density at radius 1 is 1.46 bits per heavy atom. The van der Waals surface area contributed by atoms with Crippen LogP contribution in [0.25, 0.3) is 0 Å². The minimum atomic E-state index is -3.55. The van der Waals surface area contributed by atoms with Gasteiger partial charge in [-0.1, -0.05) is 11.6 Å². The van der Waals surface area contributed by atoms with Crippen LogP contribution in [0.5, 0.6) is 5.75 Å². The van der Waals surface area contributed by atoms with Crippen LogP contribution in [0.3, 0.4) is 0 Å². The van der Waals surface area contributed by atoms with Gasteiger partial charge in [0, 0.05) is 13.1 Å². The van der Waals surface area contributed by atoms with E-state index in [-0.39, 0.29) is 24.1 Å². The quantitative estimate of drug-likeness (QED) is 0.696. The van der Waals surface area contributed by atoms with E-state index < -0.39 is 35.4 Å². The monoisotopic (exact) mass is 388 g/mol. The average Bonchev–Trinajstić information content (AvgIpc) is 2.57. The summed E-state index contributed by atoms with van der Waals surface area (Å²) in [5.74, 6) is -5.12. The standard InChI is InChI=1S/C15H15ClF2N4O4/c1-9(23)26-6-5-22-11(16)7-20-13(14(22)25)21-8-15(17,18)12-10(24)3-2-4-19-12/h2-4,7,24H,5-6,8H2,1H3,(H,20,21). The molecule has 0 aliphatic heterocycles. The molecule has 2 heterocycles. The molecule has 0 atom stereocenters. The molecular formula is C15H15ClF2N4O4. The highest BCUT2D eigenvalue weighted by Crippen LogP contribution is 2.32. The zero-order valence-electron chi connectivity index (χ0n) is 13.6. The van der Waals surface area contributed by atoms with Crippen molar-refractivity contribution in [3.63, 3.8) is 0 Å². The molecule has 0 radical (unpaired) electrons. The lowest BCUT2D eigenvalue weighted by molar-refractivity contribution is -0.141. The molecule has 0 saturated heterocycles. The van der Waals surface area contributed by atoms with Gasteiger partial charge in [-0.05, 0) is 12.1 Å². The Bertz CT molecular complexity index is 860. The molecule has 0 aliphatic carbocycles. The van der Waals surface area contributed by atoms with Gasteiger partial charge in [0.25, 0.3) is 5.56 Å². The van der Waals surface area contributed by atoms with E-state index in [1.807, 2.05) is 0 Å². The van der Waals surface area contributed by atoms with E-state index in [4.69, 9.17) is 16.3 Å². The van der Waals surface area contributed by atoms with Crippen LogP contribution in [-0.2, 0) is 22.0 Å². The molecule has 26 heavy (non-hydrogen) atoms. The highest BCUT2D eigenvalue weighted by Gasteiger charge is 2.36. The average molecular weight is 389 g/mol. The molecule has 0 fully saturated rings. The summed E-state index contributed by atoms with van der Waals surface area (Å²) in [5.41, 5.74) is -1.58. The van der Waals surface area contributed by atoms with Crippen LogP contribution in [-0.4, -0.2) is 38.8 Å². The van der Waals surface area contributed by atoms with Gasteiger partial charge in [-0.15, -0.1) is 0 Å². The molecule has 11 heteroatoms. The molecule has 0 aromatic carbocycles. The van der Waals surface area contributed by atoms with Crippen LogP contribution in [0.2, 0.25) is 5.15 Å². The van der Waals surface area contributed by atoms with Gasteiger partial charge < -0.3 is 15.2 Å². The highest BCUT2D eigenvalue weighted by atomic mass is 35.5. The van der Waals surface area contributed by atoms with E-state index in [0.29, 0.717) is 0 Å². The Morgan fingerprint density at radius 3 is 2.85 bits per heavy atom. The third-order valence-corrected chi connectivity index (χ3v) is 3.54. The number of nitrogens with one attached hydrogen (secondary N) is 1. The van der Waals surface area contributed by atoms with Crippen LogP contribution < -0.4 is 10.9 Å². The van der Waals surface area contributed by atoms with Gasteiger partial charge in [-0.3, -0.25) is 19.1 Å². The lowest BCUT2D eigenvalue weighted by atomic mass is 10.2. The lowest BCUT2D eigenvalue weighted by Gasteiger charge is -2.18. The zero-order valence-corrected chi connectivity index (χ0v) is 14.3. The third-order valence-electron chi connectivity index (χ3n) is 3.24. The second-order valence-corrected chi connectivity index (χ2v) is 5.54. The van der Waals surface area contributed by atoms with Gasteiger partial charge >= 0.3 is 11.9 Å². The number of aromatic nitrogens is 3. The van der Waals surface area contributed by atoms with Crippen molar-refractivity contribution < 1.29 is 23.4 Å². The minimum absolute atomic E-state index is 0.0400. The molecular weight excluding hydrogens is 374 g/mol. The van der Waals surface area contributed by atoms with Crippen molar-refractivity contribution >= 4 is 23.4 Å². The van der Waals surface area contributed by atoms with E-state index in [0.717, 1.165) is 23.0 Å². The molecule has 0 unspecified atom stereocenters. The van der Waals surface area contributed by atoms with E-state index in [1.165, 1.54) is 13.0 Å². The summed E-state index contributed by atoms with van der Waals surface area (Å²) in [6.07, 6.45) is 2.22. The third kappa shape index (κ3) is 4.66. The molecule has 0 spiro atoms. The number of aromatic hydroxyl groups is 1. The first kappa shape index (κ1) is 19.6. The first-order valence-electron chi connectivity index (χ1n) is 7.37. The topological polar surface area (TPSA) is 106 Å². The van der Waals surface area contributed by atoms with Crippen LogP contribution in [0, 0.1) is 0 Å². The Hall–Kier alpha value is -2.75. The molecule has 140 valence electrons. The van der Waals surface area contributed by atoms with Crippen molar-refractivity contribution in [1.29, 1.82) is 0 Å². The van der Waals surface area contributed by atoms with Gasteiger partial charge in [0.05, 0.1) is 19.3 Å². The van der Waals surface area contributed by atoms with E-state index >= 15 is 0 Å². The number of carbonyl (C=O) groups excluding carboxylic acids is 1. The summed E-state index contributed by atoms with van der Waals surface area (Å²) in [5, 5.41) is 11.7. The predicted molar refractivity (Wildman–Crippen MR) is 88.4 cm³/mol. The smallest absolute Gasteiger partial charge is 0.310 e. The number of esters is 1. The molecule has 0 aliphatic rings. The molecule has 2 aromatic heterocycles. The Balaban J connectivity index is 2.16. The van der Waals surface area contributed by atoms with Crippen LogP contribution >= 0.6 is 11.6 Å². The number of hydrogen-bond donors (Lipinski definition) is 2. The fourth-order valence-electron chi connectivity index (χ4n) is 2.03. The van der Waals surface area contributed by atoms with Gasteiger partial charge in [0.1, 0.15) is 17.5 Å². The largest absolute Gasteiger partial charge is 0.506 e. The Labute approximate surface area is 151 Å². The molecule has 0 bridgehead atoms. The zero-order chi connectivity index (χ0) is 19.3. The number of pyridine rings is 1. The number of hydrogen-bond acceptors (Lipinski definition) is 7. The van der Waals surface area contributed by atoms with Gasteiger partial charge in [0.2, 0.25) is 0 Å². The number of ether oxygens (including phenoxy) is 1. The number of rotatable bonds is 7. The molecule has 2 aromatic rings. The van der Waals surface area contributed by atoms with Crippen molar-refractivity contribution in [2.75, 3.05) is 18.5 Å². The maximum atomic E-state index is 14.2. The predicted octanol–water partition coefficient (Wildman–Crippen LogP) is 1.76. The number of nitrogens with zero attached hydrogens (tertiary/aromatic N) is 3. The van der Waals surface area contributed by atoms with Crippen molar-refractivity contribution in [3.05, 3.63) is 45.7 Å². The summed E-state index contributed by atoms with van der Waals surface area (Å²) in [4.78, 5) is 30.2. The van der Waals surface area contributed by atoms with Crippen molar-refractivity contribution in [3.8, 4) is 5.75 Å². The molecule has 2 rings (SSSR count). The maximum absolute atomic E-state index is 14.2. The molecule has 2 N–H and O–H groups in total. The fraction of sp³-hybridized carbons (Fsp3) is 0.333. The van der Waals surface area contributed by atoms with Crippen LogP contribution in [0.1, 0.15) is 12.6 Å². The Morgan fingerprint density at radius 2 is 2.19 bits per heavy atom. The normalized spacial score (nSPS) is 11.2. The van der Waals surface area contributed by atoms with Crippen LogP contribution in [0.15, 0.2) is 29.3 Å². The van der Waals surface area contributed by atoms with Gasteiger partial charge in [-0.25, -0.2) is 4.98 Å². The first-order valence-corrected chi connectivity index (χ1v) is 7.75. The number of alkyl halides is 2. The lowest BCUT2D eigenvalue weighted by Crippen LogP contribution is -2.32. The molecule has 0 saturated carbocycles. The Kier molecular flexibility index (Phi) is 6.09. The maximum Gasteiger partial charge on any atom is 0.310 e. The summed E-state index contributed by atoms with van der Waals surface area (Å²) in [6.45, 7) is 0.00662. The van der Waals surface area contributed by atoms with E-state index in [2.05, 4.69) is 15.3 Å². The SMILES string of the molecule is CC(=O)OCCn1c(Cl)cnc(NCC(F)(F)c2ncccc2O)c1=O. The van der Waals surface area contributed by atoms with Crippen molar-refractivity contribution in [1.82, 2.24) is 14.5 Å². The second kappa shape index (κ2) is 8.09. The number of anilines is 1. The van der Waals surface area contributed by atoms with Crippen molar-refractivity contribution in [2.45, 2.75) is 19.4 Å². The minimum Gasteiger partial charge on any atom is -0.506 e. The van der Waals surface area contributed by atoms with Gasteiger partial charge in [0.15, 0.2) is 11.5 Å². The first-order chi connectivity index (χ1) is 12.2. The number of halogens is 3. The van der Waals surface area contributed by atoms with E-state index in [1.54, 1.807) is 0 Å². The molecule has 8 nitrogen and oxygen atoms in total. The number of carbonyl (C=O) groups is 1.